The third-order valence-corrected chi connectivity index (χ3v) is 5.29. The van der Waals surface area contributed by atoms with E-state index in [4.69, 9.17) is 16.0 Å². The van der Waals surface area contributed by atoms with Gasteiger partial charge in [0.25, 0.3) is 11.8 Å². The number of anilines is 1. The molecular formula is C21H14ClF2N5O2. The van der Waals surface area contributed by atoms with Crippen LogP contribution in [0.4, 0.5) is 14.5 Å². The van der Waals surface area contributed by atoms with Crippen LogP contribution in [0.5, 0.6) is 0 Å². The second-order valence-electron chi connectivity index (χ2n) is 7.07. The van der Waals surface area contributed by atoms with Crippen LogP contribution in [0.1, 0.15) is 28.2 Å². The van der Waals surface area contributed by atoms with E-state index in [2.05, 4.69) is 15.3 Å². The Morgan fingerprint density at radius 1 is 1.10 bits per heavy atom. The molecule has 1 amide bonds. The predicted octanol–water partition coefficient (Wildman–Crippen LogP) is 4.89. The molecule has 0 fully saturated rings. The standard InChI is InChI=1S/C21H14ClF2N5O2/c1-28-9-13(8-25-28)15-7-14(22)4-5-17(15)29-10-12-3-2-11(6-16(12)21(29)30)19-26-27-20(31-19)18(23)24/h2-9,18H,10H2,1H3. The van der Waals surface area contributed by atoms with Crippen LogP contribution in [0.3, 0.4) is 0 Å². The Kier molecular flexibility index (Phi) is 4.55. The highest BCUT2D eigenvalue weighted by Gasteiger charge is 2.31. The van der Waals surface area contributed by atoms with Gasteiger partial charge in [-0.1, -0.05) is 17.7 Å². The maximum Gasteiger partial charge on any atom is 0.314 e. The Balaban J connectivity index is 1.52. The molecule has 4 aromatic rings. The molecule has 0 aliphatic carbocycles. The molecule has 0 N–H and O–H groups in total. The normalized spacial score (nSPS) is 13.3. The smallest absolute Gasteiger partial charge is 0.314 e. The monoisotopic (exact) mass is 441 g/mol. The lowest BCUT2D eigenvalue weighted by molar-refractivity contribution is 0.0996. The van der Waals surface area contributed by atoms with E-state index in [9.17, 15) is 13.6 Å². The van der Waals surface area contributed by atoms with Crippen LogP contribution in [0.15, 0.2) is 53.2 Å². The summed E-state index contributed by atoms with van der Waals surface area (Å²) in [5, 5.41) is 11.7. The topological polar surface area (TPSA) is 77.0 Å². The number of amides is 1. The number of carbonyl (C=O) groups is 1. The first kappa shape index (κ1) is 19.4. The minimum Gasteiger partial charge on any atom is -0.415 e. The van der Waals surface area contributed by atoms with E-state index in [-0.39, 0.29) is 11.8 Å². The Hall–Kier alpha value is -3.59. The van der Waals surface area contributed by atoms with Crippen molar-refractivity contribution in [3.63, 3.8) is 0 Å². The Morgan fingerprint density at radius 2 is 1.94 bits per heavy atom. The van der Waals surface area contributed by atoms with Gasteiger partial charge in [-0.25, -0.2) is 0 Å². The van der Waals surface area contributed by atoms with Gasteiger partial charge in [-0.2, -0.15) is 13.9 Å². The molecule has 1 aliphatic rings. The first-order valence-corrected chi connectivity index (χ1v) is 9.64. The van der Waals surface area contributed by atoms with Gasteiger partial charge in [0.1, 0.15) is 0 Å². The number of alkyl halides is 2. The van der Waals surface area contributed by atoms with Gasteiger partial charge in [-0.05, 0) is 35.9 Å². The molecule has 10 heteroatoms. The van der Waals surface area contributed by atoms with Crippen molar-refractivity contribution in [1.29, 1.82) is 0 Å². The number of fused-ring (bicyclic) bond motifs is 1. The van der Waals surface area contributed by atoms with Crippen molar-refractivity contribution in [1.82, 2.24) is 20.0 Å². The SMILES string of the molecule is Cn1cc(-c2cc(Cl)ccc2N2Cc3ccc(-c4nnc(C(F)F)o4)cc3C2=O)cn1. The largest absolute Gasteiger partial charge is 0.415 e. The number of nitrogens with zero attached hydrogens (tertiary/aromatic N) is 5. The third kappa shape index (κ3) is 3.36. The molecule has 0 saturated carbocycles. The molecule has 0 spiro atoms. The fourth-order valence-electron chi connectivity index (χ4n) is 3.60. The predicted molar refractivity (Wildman–Crippen MR) is 109 cm³/mol. The molecule has 0 atom stereocenters. The van der Waals surface area contributed by atoms with Crippen LogP contribution < -0.4 is 4.90 Å². The van der Waals surface area contributed by atoms with Crippen LogP contribution in [-0.2, 0) is 13.6 Å². The van der Waals surface area contributed by atoms with E-state index in [0.29, 0.717) is 28.4 Å². The zero-order valence-electron chi connectivity index (χ0n) is 16.1. The van der Waals surface area contributed by atoms with E-state index in [1.807, 2.05) is 13.2 Å². The molecule has 3 heterocycles. The second-order valence-corrected chi connectivity index (χ2v) is 7.51. The van der Waals surface area contributed by atoms with Crippen LogP contribution in [0.25, 0.3) is 22.6 Å². The molecule has 156 valence electrons. The fourth-order valence-corrected chi connectivity index (χ4v) is 3.78. The first-order valence-electron chi connectivity index (χ1n) is 9.26. The number of hydrogen-bond donors (Lipinski definition) is 0. The lowest BCUT2D eigenvalue weighted by Gasteiger charge is -2.19. The summed E-state index contributed by atoms with van der Waals surface area (Å²) >= 11 is 6.21. The van der Waals surface area contributed by atoms with Crippen molar-refractivity contribution in [3.8, 4) is 22.6 Å². The van der Waals surface area contributed by atoms with Gasteiger partial charge in [0.05, 0.1) is 18.4 Å². The van der Waals surface area contributed by atoms with Gasteiger partial charge < -0.3 is 9.32 Å². The zero-order chi connectivity index (χ0) is 21.7. The summed E-state index contributed by atoms with van der Waals surface area (Å²) in [5.74, 6) is -1.05. The third-order valence-electron chi connectivity index (χ3n) is 5.05. The van der Waals surface area contributed by atoms with Crippen molar-refractivity contribution in [2.75, 3.05) is 4.90 Å². The number of benzene rings is 2. The molecule has 2 aromatic carbocycles. The van der Waals surface area contributed by atoms with Gasteiger partial charge in [0, 0.05) is 40.5 Å². The summed E-state index contributed by atoms with van der Waals surface area (Å²) in [6.07, 6.45) is 0.692. The molecule has 5 rings (SSSR count). The second kappa shape index (κ2) is 7.28. The van der Waals surface area contributed by atoms with Gasteiger partial charge in [0.2, 0.25) is 5.89 Å². The molecule has 0 radical (unpaired) electrons. The fraction of sp³-hybridized carbons (Fsp3) is 0.143. The highest BCUT2D eigenvalue weighted by molar-refractivity contribution is 6.31. The van der Waals surface area contributed by atoms with Crippen molar-refractivity contribution in [2.24, 2.45) is 7.05 Å². The number of aromatic nitrogens is 4. The van der Waals surface area contributed by atoms with E-state index >= 15 is 0 Å². The van der Waals surface area contributed by atoms with Crippen molar-refractivity contribution in [2.45, 2.75) is 13.0 Å². The van der Waals surface area contributed by atoms with Crippen LogP contribution >= 0.6 is 11.6 Å². The quantitative estimate of drug-likeness (QED) is 0.450. The molecular weight excluding hydrogens is 428 g/mol. The maximum absolute atomic E-state index is 13.3. The maximum atomic E-state index is 13.3. The minimum atomic E-state index is -2.86. The lowest BCUT2D eigenvalue weighted by atomic mass is 10.1. The number of carbonyl (C=O) groups excluding carboxylic acids is 1. The minimum absolute atomic E-state index is 0.0631. The molecule has 1 aliphatic heterocycles. The van der Waals surface area contributed by atoms with E-state index in [1.54, 1.807) is 52.2 Å². The average molecular weight is 442 g/mol. The van der Waals surface area contributed by atoms with Crippen LogP contribution in [-0.4, -0.2) is 25.9 Å². The Labute approximate surface area is 179 Å². The van der Waals surface area contributed by atoms with Gasteiger partial charge in [-0.3, -0.25) is 9.48 Å². The first-order chi connectivity index (χ1) is 14.9. The summed E-state index contributed by atoms with van der Waals surface area (Å²) in [7, 11) is 1.81. The lowest BCUT2D eigenvalue weighted by Crippen LogP contribution is -2.23. The van der Waals surface area contributed by atoms with E-state index in [1.165, 1.54) is 0 Å². The number of halogens is 3. The summed E-state index contributed by atoms with van der Waals surface area (Å²) < 4.78 is 32.2. The van der Waals surface area contributed by atoms with Gasteiger partial charge in [0.15, 0.2) is 0 Å². The summed E-state index contributed by atoms with van der Waals surface area (Å²) in [4.78, 5) is 14.9. The zero-order valence-corrected chi connectivity index (χ0v) is 16.8. The number of hydrogen-bond acceptors (Lipinski definition) is 5. The summed E-state index contributed by atoms with van der Waals surface area (Å²) in [6.45, 7) is 0.357. The summed E-state index contributed by atoms with van der Waals surface area (Å²) in [5.41, 5.74) is 3.95. The van der Waals surface area contributed by atoms with Crippen LogP contribution in [0, 0.1) is 0 Å². The highest BCUT2D eigenvalue weighted by atomic mass is 35.5. The molecule has 0 bridgehead atoms. The highest BCUT2D eigenvalue weighted by Crippen LogP contribution is 2.38. The molecule has 0 saturated heterocycles. The van der Waals surface area contributed by atoms with Crippen molar-refractivity contribution < 1.29 is 18.0 Å². The van der Waals surface area contributed by atoms with Crippen molar-refractivity contribution in [3.05, 3.63) is 70.8 Å². The molecule has 0 unspecified atom stereocenters. The average Bonchev–Trinajstić information content (AvgIpc) is 3.47. The van der Waals surface area contributed by atoms with E-state index < -0.39 is 12.3 Å². The molecule has 7 nitrogen and oxygen atoms in total. The Bertz CT molecular complexity index is 1320. The Morgan fingerprint density at radius 3 is 2.65 bits per heavy atom. The summed E-state index contributed by atoms with van der Waals surface area (Å²) in [6, 6.07) is 10.3. The van der Waals surface area contributed by atoms with Gasteiger partial charge >= 0.3 is 6.43 Å². The number of aryl methyl sites for hydroxylation is 1. The molecule has 31 heavy (non-hydrogen) atoms. The number of rotatable bonds is 4. The van der Waals surface area contributed by atoms with Crippen LogP contribution in [0.2, 0.25) is 5.02 Å². The molecule has 2 aromatic heterocycles. The van der Waals surface area contributed by atoms with Crippen molar-refractivity contribution >= 4 is 23.2 Å². The van der Waals surface area contributed by atoms with Gasteiger partial charge in [-0.15, -0.1) is 10.2 Å². The van der Waals surface area contributed by atoms with E-state index in [0.717, 1.165) is 16.7 Å².